The van der Waals surface area contributed by atoms with Gasteiger partial charge in [-0.2, -0.15) is 13.2 Å². The first-order chi connectivity index (χ1) is 20.3. The molecule has 0 amide bonds. The quantitative estimate of drug-likeness (QED) is 0.151. The number of aliphatic imine (C=N–C) groups is 1. The van der Waals surface area contributed by atoms with E-state index in [0.717, 1.165) is 18.1 Å². The number of hydrogen-bond acceptors (Lipinski definition) is 7. The lowest BCUT2D eigenvalue weighted by atomic mass is 9.93. The van der Waals surface area contributed by atoms with Gasteiger partial charge in [-0.3, -0.25) is 13.6 Å². The highest BCUT2D eigenvalue weighted by Gasteiger charge is 2.43. The van der Waals surface area contributed by atoms with Crippen LogP contribution in [0.1, 0.15) is 90.5 Å². The van der Waals surface area contributed by atoms with E-state index in [2.05, 4.69) is 24.0 Å². The molecule has 1 aliphatic heterocycles. The number of alkyl halides is 3. The normalized spacial score (nSPS) is 17.8. The van der Waals surface area contributed by atoms with Crippen molar-refractivity contribution in [1.29, 1.82) is 0 Å². The lowest BCUT2D eigenvalue weighted by molar-refractivity contribution is -0.139. The molecule has 0 bridgehead atoms. The second kappa shape index (κ2) is 14.4. The van der Waals surface area contributed by atoms with Gasteiger partial charge in [-0.1, -0.05) is 37.3 Å². The second-order valence-electron chi connectivity index (χ2n) is 13.2. The minimum atomic E-state index is -4.59. The van der Waals surface area contributed by atoms with Crippen molar-refractivity contribution >= 4 is 13.7 Å². The molecule has 0 saturated heterocycles. The fourth-order valence-corrected chi connectivity index (χ4v) is 6.66. The molecule has 0 N–H and O–H groups in total. The SMILES string of the molecule is CCc1cccc(CCCOc2ccc(CCC3(COP(=O)(OC(C)(C)C)OC(C)(C)C)COC(C)=N3)cc2C(F)(F)F)c1. The van der Waals surface area contributed by atoms with Gasteiger partial charge in [0, 0.05) is 6.92 Å². The molecular weight excluding hydrogens is 594 g/mol. The molecule has 1 atom stereocenters. The van der Waals surface area contributed by atoms with E-state index < -0.39 is 36.3 Å². The van der Waals surface area contributed by atoms with Crippen molar-refractivity contribution in [3.05, 3.63) is 64.7 Å². The fraction of sp³-hybridized carbons (Fsp3) is 0.606. The maximum Gasteiger partial charge on any atom is 0.475 e. The molecule has 1 aliphatic rings. The zero-order chi connectivity index (χ0) is 32.8. The summed E-state index contributed by atoms with van der Waals surface area (Å²) in [6, 6.07) is 12.3. The Morgan fingerprint density at radius 2 is 1.57 bits per heavy atom. The zero-order valence-corrected chi connectivity index (χ0v) is 28.1. The Labute approximate surface area is 260 Å². The van der Waals surface area contributed by atoms with E-state index in [9.17, 15) is 17.7 Å². The standard InChI is InChI=1S/C33H47F3NO6P/c1-9-25-12-10-13-26(20-25)14-11-19-39-29-16-15-27(21-28(29)33(34,35)36)17-18-32(22-40-24(2)37-32)23-41-44(38,42-30(3,4)5)43-31(6,7)8/h10,12-13,15-16,20-21H,9,11,14,17-19,22-23H2,1-8H3. The van der Waals surface area contributed by atoms with Crippen LogP contribution in [0.2, 0.25) is 0 Å². The molecular formula is C33H47F3NO6P. The molecule has 1 heterocycles. The summed E-state index contributed by atoms with van der Waals surface area (Å²) in [5, 5.41) is 0. The molecule has 0 aromatic heterocycles. The predicted octanol–water partition coefficient (Wildman–Crippen LogP) is 9.15. The second-order valence-corrected chi connectivity index (χ2v) is 14.7. The number of ether oxygens (including phenoxy) is 2. The number of phosphoric ester groups is 1. The number of benzene rings is 2. The van der Waals surface area contributed by atoms with Crippen LogP contribution in [-0.2, 0) is 48.3 Å². The molecule has 2 aromatic rings. The van der Waals surface area contributed by atoms with Crippen molar-refractivity contribution in [2.24, 2.45) is 4.99 Å². The molecule has 7 nitrogen and oxygen atoms in total. The highest BCUT2D eigenvalue weighted by molar-refractivity contribution is 7.48. The third-order valence-corrected chi connectivity index (χ3v) is 8.69. The largest absolute Gasteiger partial charge is 0.493 e. The Morgan fingerprint density at radius 3 is 2.14 bits per heavy atom. The van der Waals surface area contributed by atoms with Crippen LogP contribution in [-0.4, -0.2) is 42.5 Å². The topological polar surface area (TPSA) is 75.6 Å². The average molecular weight is 642 g/mol. The molecule has 11 heteroatoms. The molecule has 0 aliphatic carbocycles. The third-order valence-electron chi connectivity index (χ3n) is 6.70. The number of rotatable bonds is 14. The summed E-state index contributed by atoms with van der Waals surface area (Å²) < 4.78 is 84.4. The fourth-order valence-electron chi connectivity index (χ4n) is 4.77. The maximum atomic E-state index is 14.1. The average Bonchev–Trinajstić information content (AvgIpc) is 3.27. The minimum Gasteiger partial charge on any atom is -0.493 e. The van der Waals surface area contributed by atoms with Crippen LogP contribution < -0.4 is 4.74 Å². The predicted molar refractivity (Wildman–Crippen MR) is 166 cm³/mol. The van der Waals surface area contributed by atoms with E-state index in [0.29, 0.717) is 24.3 Å². The van der Waals surface area contributed by atoms with Crippen LogP contribution in [0.15, 0.2) is 47.5 Å². The Balaban J connectivity index is 1.71. The van der Waals surface area contributed by atoms with Gasteiger partial charge in [0.1, 0.15) is 17.9 Å². The summed E-state index contributed by atoms with van der Waals surface area (Å²) in [5.41, 5.74) is -0.628. The van der Waals surface area contributed by atoms with Gasteiger partial charge in [-0.05, 0) is 102 Å². The van der Waals surface area contributed by atoms with Crippen LogP contribution in [0.25, 0.3) is 0 Å². The molecule has 0 spiro atoms. The van der Waals surface area contributed by atoms with Crippen molar-refractivity contribution in [3.63, 3.8) is 0 Å². The van der Waals surface area contributed by atoms with Gasteiger partial charge in [0.15, 0.2) is 5.90 Å². The summed E-state index contributed by atoms with van der Waals surface area (Å²) in [5.74, 6) is 0.220. The number of hydrogen-bond donors (Lipinski definition) is 0. The van der Waals surface area contributed by atoms with Crippen LogP contribution in [0, 0.1) is 0 Å². The van der Waals surface area contributed by atoms with E-state index in [4.69, 9.17) is 23.0 Å². The van der Waals surface area contributed by atoms with Gasteiger partial charge in [-0.25, -0.2) is 9.56 Å². The summed E-state index contributed by atoms with van der Waals surface area (Å²) >= 11 is 0. The Hall–Kier alpha value is -2.39. The van der Waals surface area contributed by atoms with Gasteiger partial charge in [0.05, 0.1) is 30.0 Å². The Bertz CT molecular complexity index is 1310. The van der Waals surface area contributed by atoms with Crippen molar-refractivity contribution in [3.8, 4) is 5.75 Å². The zero-order valence-electron chi connectivity index (χ0n) is 27.2. The number of nitrogens with zero attached hydrogens (tertiary/aromatic N) is 1. The number of aryl methyl sites for hydroxylation is 3. The van der Waals surface area contributed by atoms with Gasteiger partial charge < -0.3 is 9.47 Å². The summed E-state index contributed by atoms with van der Waals surface area (Å²) in [6.45, 7) is 14.3. The molecule has 1 unspecified atom stereocenters. The molecule has 0 saturated carbocycles. The van der Waals surface area contributed by atoms with Crippen molar-refractivity contribution in [1.82, 2.24) is 0 Å². The van der Waals surface area contributed by atoms with E-state index in [1.54, 1.807) is 54.5 Å². The summed E-state index contributed by atoms with van der Waals surface area (Å²) in [7, 11) is -4.04. The number of halogens is 3. The van der Waals surface area contributed by atoms with E-state index >= 15 is 0 Å². The van der Waals surface area contributed by atoms with Gasteiger partial charge in [0.25, 0.3) is 0 Å². The minimum absolute atomic E-state index is 0.123. The Kier molecular flexibility index (Phi) is 11.8. The van der Waals surface area contributed by atoms with Gasteiger partial charge in [-0.15, -0.1) is 0 Å². The molecule has 2 aromatic carbocycles. The van der Waals surface area contributed by atoms with Gasteiger partial charge in [0.2, 0.25) is 0 Å². The highest BCUT2D eigenvalue weighted by Crippen LogP contribution is 2.56. The molecule has 246 valence electrons. The first-order valence-corrected chi connectivity index (χ1v) is 16.5. The van der Waals surface area contributed by atoms with E-state index in [1.165, 1.54) is 11.6 Å². The first kappa shape index (κ1) is 36.1. The van der Waals surface area contributed by atoms with Crippen LogP contribution in [0.4, 0.5) is 13.2 Å². The van der Waals surface area contributed by atoms with E-state index in [1.807, 2.05) is 12.1 Å². The first-order valence-electron chi connectivity index (χ1n) is 15.1. The van der Waals surface area contributed by atoms with Crippen LogP contribution in [0.3, 0.4) is 0 Å². The van der Waals surface area contributed by atoms with Crippen LogP contribution in [0.5, 0.6) is 5.75 Å². The molecule has 0 radical (unpaired) electrons. The van der Waals surface area contributed by atoms with Gasteiger partial charge >= 0.3 is 14.0 Å². The van der Waals surface area contributed by atoms with Crippen molar-refractivity contribution in [2.75, 3.05) is 19.8 Å². The van der Waals surface area contributed by atoms with Crippen molar-refractivity contribution in [2.45, 2.75) is 110 Å². The molecule has 44 heavy (non-hydrogen) atoms. The van der Waals surface area contributed by atoms with Crippen LogP contribution >= 0.6 is 7.82 Å². The summed E-state index contributed by atoms with van der Waals surface area (Å²) in [6.07, 6.45) is -1.83. The van der Waals surface area contributed by atoms with E-state index in [-0.39, 0.29) is 38.4 Å². The molecule has 3 rings (SSSR count). The summed E-state index contributed by atoms with van der Waals surface area (Å²) in [4.78, 5) is 4.60. The lowest BCUT2D eigenvalue weighted by Gasteiger charge is -2.33. The maximum absolute atomic E-state index is 14.1. The Morgan fingerprint density at radius 1 is 0.932 bits per heavy atom. The highest BCUT2D eigenvalue weighted by atomic mass is 31.2. The monoisotopic (exact) mass is 641 g/mol. The molecule has 0 fully saturated rings. The number of phosphoric acid groups is 1. The third kappa shape index (κ3) is 11.5. The van der Waals surface area contributed by atoms with Crippen molar-refractivity contribution < 1.29 is 40.8 Å². The smallest absolute Gasteiger partial charge is 0.475 e. The lowest BCUT2D eigenvalue weighted by Crippen LogP contribution is -2.36.